The molecular weight excluding hydrogens is 312 g/mol. The Morgan fingerprint density at radius 3 is 3.11 bits per heavy atom. The van der Waals surface area contributed by atoms with Gasteiger partial charge in [-0.1, -0.05) is 0 Å². The monoisotopic (exact) mass is 330 g/mol. The van der Waals surface area contributed by atoms with Crippen LogP contribution in [0.25, 0.3) is 0 Å². The molecule has 1 saturated carbocycles. The van der Waals surface area contributed by atoms with Gasteiger partial charge >= 0.3 is 0 Å². The summed E-state index contributed by atoms with van der Waals surface area (Å²) in [5.74, 6) is 0. The first-order chi connectivity index (χ1) is 8.81. The van der Waals surface area contributed by atoms with E-state index in [-0.39, 0.29) is 0 Å². The molecule has 100 valence electrons. The molecule has 0 radical (unpaired) electrons. The number of nitrogens with one attached hydrogen (secondary N) is 1. The summed E-state index contributed by atoms with van der Waals surface area (Å²) in [6.07, 6.45) is 2.71. The number of hydrogen-bond acceptors (Lipinski definition) is 4. The van der Waals surface area contributed by atoms with Crippen molar-refractivity contribution in [3.05, 3.63) is 20.8 Å². The van der Waals surface area contributed by atoms with Crippen molar-refractivity contribution < 1.29 is 4.74 Å². The molecule has 1 atom stereocenters. The van der Waals surface area contributed by atoms with Crippen LogP contribution in [0.3, 0.4) is 0 Å². The number of ether oxygens (including phenoxy) is 1. The van der Waals surface area contributed by atoms with Gasteiger partial charge in [0, 0.05) is 46.4 Å². The second-order valence-electron chi connectivity index (χ2n) is 5.11. The number of thiophene rings is 1. The van der Waals surface area contributed by atoms with Gasteiger partial charge in [0.2, 0.25) is 0 Å². The molecule has 1 aliphatic carbocycles. The average Bonchev–Trinajstić information content (AvgIpc) is 3.12. The Kier molecular flexibility index (Phi) is 4.36. The van der Waals surface area contributed by atoms with E-state index in [1.165, 1.54) is 22.2 Å². The second kappa shape index (κ2) is 6.01. The molecule has 3 nitrogen and oxygen atoms in total. The lowest BCUT2D eigenvalue weighted by molar-refractivity contribution is -0.0106. The quantitative estimate of drug-likeness (QED) is 0.897. The van der Waals surface area contributed by atoms with Gasteiger partial charge in [0.25, 0.3) is 0 Å². The molecule has 1 aromatic rings. The average molecular weight is 331 g/mol. The summed E-state index contributed by atoms with van der Waals surface area (Å²) in [6.45, 7) is 4.90. The minimum atomic E-state index is 0.528. The molecule has 1 aliphatic heterocycles. The summed E-state index contributed by atoms with van der Waals surface area (Å²) in [6, 6.07) is 3.54. The lowest BCUT2D eigenvalue weighted by Gasteiger charge is -2.35. The molecular formula is C13H19BrN2OS. The summed E-state index contributed by atoms with van der Waals surface area (Å²) in [4.78, 5) is 3.98. The minimum absolute atomic E-state index is 0.528. The van der Waals surface area contributed by atoms with E-state index in [9.17, 15) is 0 Å². The Morgan fingerprint density at radius 2 is 2.39 bits per heavy atom. The lowest BCUT2D eigenvalue weighted by atomic mass is 10.2. The first-order valence-electron chi connectivity index (χ1n) is 6.59. The van der Waals surface area contributed by atoms with Crippen LogP contribution in [0.1, 0.15) is 17.7 Å². The summed E-state index contributed by atoms with van der Waals surface area (Å²) in [5, 5.41) is 5.78. The lowest BCUT2D eigenvalue weighted by Crippen LogP contribution is -2.50. The zero-order valence-corrected chi connectivity index (χ0v) is 12.8. The van der Waals surface area contributed by atoms with Gasteiger partial charge in [-0.15, -0.1) is 11.3 Å². The van der Waals surface area contributed by atoms with Gasteiger partial charge in [0.1, 0.15) is 0 Å². The smallest absolute Gasteiger partial charge is 0.0635 e. The predicted octanol–water partition coefficient (Wildman–Crippen LogP) is 2.46. The molecule has 0 aromatic carbocycles. The second-order valence-corrected chi connectivity index (χ2v) is 7.02. The molecule has 2 fully saturated rings. The van der Waals surface area contributed by atoms with Gasteiger partial charge < -0.3 is 10.1 Å². The number of morpholine rings is 1. The molecule has 0 bridgehead atoms. The van der Waals surface area contributed by atoms with E-state index < -0.39 is 0 Å². The van der Waals surface area contributed by atoms with Gasteiger partial charge in [0.05, 0.1) is 13.2 Å². The van der Waals surface area contributed by atoms with E-state index in [1.54, 1.807) is 0 Å². The topological polar surface area (TPSA) is 24.5 Å². The Hall–Kier alpha value is 0.0600. The molecule has 0 spiro atoms. The maximum Gasteiger partial charge on any atom is 0.0635 e. The van der Waals surface area contributed by atoms with Crippen molar-refractivity contribution >= 4 is 27.3 Å². The van der Waals surface area contributed by atoms with Crippen LogP contribution >= 0.6 is 27.3 Å². The van der Waals surface area contributed by atoms with Crippen molar-refractivity contribution in [1.82, 2.24) is 10.2 Å². The van der Waals surface area contributed by atoms with Crippen LogP contribution < -0.4 is 5.32 Å². The highest BCUT2D eigenvalue weighted by molar-refractivity contribution is 9.10. The highest BCUT2D eigenvalue weighted by Crippen LogP contribution is 2.23. The normalized spacial score (nSPS) is 25.5. The molecule has 1 unspecified atom stereocenters. The van der Waals surface area contributed by atoms with E-state index in [0.717, 1.165) is 38.9 Å². The fourth-order valence-electron chi connectivity index (χ4n) is 2.31. The van der Waals surface area contributed by atoms with Crippen LogP contribution in [-0.4, -0.2) is 43.3 Å². The molecule has 3 rings (SSSR count). The van der Waals surface area contributed by atoms with Gasteiger partial charge in [-0.25, -0.2) is 0 Å². The molecule has 1 saturated heterocycles. The summed E-state index contributed by atoms with van der Waals surface area (Å²) >= 11 is 5.36. The third kappa shape index (κ3) is 3.54. The number of rotatable bonds is 5. The maximum absolute atomic E-state index is 5.62. The van der Waals surface area contributed by atoms with Crippen LogP contribution in [0.2, 0.25) is 0 Å². The van der Waals surface area contributed by atoms with E-state index in [2.05, 4.69) is 37.6 Å². The fourth-order valence-corrected chi connectivity index (χ4v) is 3.79. The Labute approximate surface area is 121 Å². The van der Waals surface area contributed by atoms with E-state index >= 15 is 0 Å². The highest BCUT2D eigenvalue weighted by Gasteiger charge is 2.27. The SMILES string of the molecule is Brc1csc(CN2CCOCC2CNC2CC2)c1. The van der Waals surface area contributed by atoms with Gasteiger partial charge in [-0.3, -0.25) is 4.90 Å². The van der Waals surface area contributed by atoms with Crippen LogP contribution in [0, 0.1) is 0 Å². The minimum Gasteiger partial charge on any atom is -0.378 e. The summed E-state index contributed by atoms with van der Waals surface area (Å²) < 4.78 is 6.82. The van der Waals surface area contributed by atoms with E-state index in [1.807, 2.05) is 11.3 Å². The third-order valence-electron chi connectivity index (χ3n) is 3.55. The van der Waals surface area contributed by atoms with Gasteiger partial charge in [0.15, 0.2) is 0 Å². The van der Waals surface area contributed by atoms with Gasteiger partial charge in [-0.2, -0.15) is 0 Å². The van der Waals surface area contributed by atoms with E-state index in [0.29, 0.717) is 6.04 Å². The Balaban J connectivity index is 1.56. The molecule has 2 aliphatic rings. The van der Waals surface area contributed by atoms with Crippen LogP contribution in [0.4, 0.5) is 0 Å². The van der Waals surface area contributed by atoms with Crippen molar-refractivity contribution in [3.63, 3.8) is 0 Å². The molecule has 2 heterocycles. The van der Waals surface area contributed by atoms with E-state index in [4.69, 9.17) is 4.74 Å². The van der Waals surface area contributed by atoms with Crippen molar-refractivity contribution in [2.24, 2.45) is 0 Å². The van der Waals surface area contributed by atoms with Crippen molar-refractivity contribution in [2.75, 3.05) is 26.3 Å². The van der Waals surface area contributed by atoms with Crippen LogP contribution in [0.15, 0.2) is 15.9 Å². The largest absolute Gasteiger partial charge is 0.378 e. The first kappa shape index (κ1) is 13.1. The number of hydrogen-bond donors (Lipinski definition) is 1. The number of nitrogens with zero attached hydrogens (tertiary/aromatic N) is 1. The Morgan fingerprint density at radius 1 is 1.50 bits per heavy atom. The molecule has 1 N–H and O–H groups in total. The van der Waals surface area contributed by atoms with Gasteiger partial charge in [-0.05, 0) is 34.8 Å². The number of halogens is 1. The highest BCUT2D eigenvalue weighted by atomic mass is 79.9. The van der Waals surface area contributed by atoms with Crippen LogP contribution in [0.5, 0.6) is 0 Å². The fraction of sp³-hybridized carbons (Fsp3) is 0.692. The molecule has 18 heavy (non-hydrogen) atoms. The maximum atomic E-state index is 5.62. The van der Waals surface area contributed by atoms with Crippen LogP contribution in [-0.2, 0) is 11.3 Å². The molecule has 0 amide bonds. The summed E-state index contributed by atoms with van der Waals surface area (Å²) in [7, 11) is 0. The zero-order chi connectivity index (χ0) is 12.4. The zero-order valence-electron chi connectivity index (χ0n) is 10.4. The molecule has 5 heteroatoms. The first-order valence-corrected chi connectivity index (χ1v) is 8.26. The third-order valence-corrected chi connectivity index (χ3v) is 5.23. The van der Waals surface area contributed by atoms with Crippen molar-refractivity contribution in [2.45, 2.75) is 31.5 Å². The summed E-state index contributed by atoms with van der Waals surface area (Å²) in [5.41, 5.74) is 0. The molecule has 1 aromatic heterocycles. The van der Waals surface area contributed by atoms with Crippen molar-refractivity contribution in [1.29, 1.82) is 0 Å². The van der Waals surface area contributed by atoms with Crippen molar-refractivity contribution in [3.8, 4) is 0 Å². The standard InChI is InChI=1S/C13H19BrN2OS/c14-10-5-13(18-9-10)7-16-3-4-17-8-12(16)6-15-11-1-2-11/h5,9,11-12,15H,1-4,6-8H2. The Bertz CT molecular complexity index is 394. The predicted molar refractivity (Wildman–Crippen MR) is 78.1 cm³/mol.